The number of hydrogen-bond donors (Lipinski definition) is 1. The molecule has 1 heterocycles. The topological polar surface area (TPSA) is 32.3 Å². The molecule has 0 spiro atoms. The Morgan fingerprint density at radius 3 is 2.71 bits per heavy atom. The molecule has 1 unspecified atom stereocenters. The molecule has 1 atom stereocenters. The van der Waals surface area contributed by atoms with Crippen molar-refractivity contribution < 1.29 is 4.79 Å². The Morgan fingerprint density at radius 2 is 2.18 bits per heavy atom. The highest BCUT2D eigenvalue weighted by Gasteiger charge is 2.32. The number of hydrogen-bond acceptors (Lipinski definition) is 3. The lowest BCUT2D eigenvalue weighted by Gasteiger charge is -2.37. The second-order valence-electron chi connectivity index (χ2n) is 5.74. The summed E-state index contributed by atoms with van der Waals surface area (Å²) in [6.45, 7) is 10.4. The van der Waals surface area contributed by atoms with Gasteiger partial charge in [-0.1, -0.05) is 13.8 Å². The first-order valence-corrected chi connectivity index (χ1v) is 7.68. The van der Waals surface area contributed by atoms with Gasteiger partial charge in [-0.3, -0.25) is 4.79 Å². The number of likely N-dealkylation sites (tertiary alicyclic amines) is 1. The van der Waals surface area contributed by atoms with Crippen molar-refractivity contribution in [2.75, 3.05) is 19.3 Å². The maximum atomic E-state index is 12.3. The van der Waals surface area contributed by atoms with Crippen LogP contribution in [0.2, 0.25) is 0 Å². The van der Waals surface area contributed by atoms with Gasteiger partial charge in [0.1, 0.15) is 0 Å². The number of thioether (sulfide) groups is 1. The van der Waals surface area contributed by atoms with Gasteiger partial charge in [0, 0.05) is 23.9 Å². The molecule has 0 saturated carbocycles. The molecule has 1 fully saturated rings. The first-order valence-electron chi connectivity index (χ1n) is 6.46. The lowest BCUT2D eigenvalue weighted by molar-refractivity contribution is -0.136. The number of nitrogens with zero attached hydrogens (tertiary/aromatic N) is 1. The number of carbonyl (C=O) groups excluding carboxylic acids is 1. The van der Waals surface area contributed by atoms with Crippen LogP contribution in [0.15, 0.2) is 0 Å². The molecule has 0 aromatic heterocycles. The van der Waals surface area contributed by atoms with E-state index in [2.05, 4.69) is 39.3 Å². The van der Waals surface area contributed by atoms with E-state index in [1.54, 1.807) is 0 Å². The van der Waals surface area contributed by atoms with Crippen LogP contribution < -0.4 is 5.32 Å². The summed E-state index contributed by atoms with van der Waals surface area (Å²) < 4.78 is 0.148. The first-order chi connectivity index (χ1) is 7.85. The summed E-state index contributed by atoms with van der Waals surface area (Å²) in [7, 11) is 0. The summed E-state index contributed by atoms with van der Waals surface area (Å²) in [5, 5.41) is 3.37. The van der Waals surface area contributed by atoms with Gasteiger partial charge >= 0.3 is 0 Å². The summed E-state index contributed by atoms with van der Waals surface area (Å²) in [6.07, 6.45) is 4.20. The van der Waals surface area contributed by atoms with Crippen LogP contribution in [-0.4, -0.2) is 47.0 Å². The molecular weight excluding hydrogens is 232 g/mol. The molecule has 1 aliphatic rings. The highest BCUT2D eigenvalue weighted by molar-refractivity contribution is 7.99. The van der Waals surface area contributed by atoms with Gasteiger partial charge in [-0.25, -0.2) is 0 Å². The Balaban J connectivity index is 2.59. The summed E-state index contributed by atoms with van der Waals surface area (Å²) in [6, 6.07) is 0.402. The average Bonchev–Trinajstić information content (AvgIpc) is 2.23. The molecule has 0 radical (unpaired) electrons. The van der Waals surface area contributed by atoms with E-state index >= 15 is 0 Å². The molecule has 0 bridgehead atoms. The highest BCUT2D eigenvalue weighted by atomic mass is 32.2. The average molecular weight is 258 g/mol. The normalized spacial score (nSPS) is 22.4. The summed E-state index contributed by atoms with van der Waals surface area (Å²) in [4.78, 5) is 14.3. The van der Waals surface area contributed by atoms with Gasteiger partial charge in [-0.15, -0.1) is 0 Å². The van der Waals surface area contributed by atoms with Crippen LogP contribution in [0.5, 0.6) is 0 Å². The minimum absolute atomic E-state index is 0.0291. The van der Waals surface area contributed by atoms with E-state index in [1.807, 2.05) is 16.7 Å². The van der Waals surface area contributed by atoms with Crippen LogP contribution in [0, 0.1) is 0 Å². The predicted octanol–water partition coefficient (Wildman–Crippen LogP) is 2.12. The van der Waals surface area contributed by atoms with Crippen molar-refractivity contribution in [1.82, 2.24) is 10.2 Å². The Bertz CT molecular complexity index is 266. The largest absolute Gasteiger partial charge is 0.340 e. The zero-order valence-electron chi connectivity index (χ0n) is 11.7. The first kappa shape index (κ1) is 14.8. The molecule has 1 aliphatic heterocycles. The summed E-state index contributed by atoms with van der Waals surface area (Å²) in [5.74, 6) is 0.284. The van der Waals surface area contributed by atoms with E-state index in [0.29, 0.717) is 6.04 Å². The van der Waals surface area contributed by atoms with E-state index in [4.69, 9.17) is 0 Å². The molecule has 1 saturated heterocycles. The molecule has 100 valence electrons. The molecule has 3 nitrogen and oxygen atoms in total. The van der Waals surface area contributed by atoms with Crippen molar-refractivity contribution >= 4 is 17.7 Å². The Hall–Kier alpha value is -0.220. The fourth-order valence-corrected chi connectivity index (χ4v) is 2.46. The van der Waals surface area contributed by atoms with Crippen LogP contribution in [0.4, 0.5) is 0 Å². The summed E-state index contributed by atoms with van der Waals surface area (Å²) >= 11 is 1.82. The zero-order valence-corrected chi connectivity index (χ0v) is 12.6. The third-order valence-corrected chi connectivity index (χ3v) is 4.42. The third kappa shape index (κ3) is 4.51. The van der Waals surface area contributed by atoms with Crippen molar-refractivity contribution in [2.24, 2.45) is 0 Å². The monoisotopic (exact) mass is 258 g/mol. The number of amides is 1. The lowest BCUT2D eigenvalue weighted by atomic mass is 10.0. The van der Waals surface area contributed by atoms with Crippen LogP contribution in [0.1, 0.15) is 40.5 Å². The van der Waals surface area contributed by atoms with Crippen LogP contribution in [0.3, 0.4) is 0 Å². The molecule has 1 amide bonds. The van der Waals surface area contributed by atoms with Gasteiger partial charge in [-0.2, -0.15) is 11.8 Å². The van der Waals surface area contributed by atoms with Crippen LogP contribution in [0.25, 0.3) is 0 Å². The molecular formula is C13H26N2OS. The molecule has 0 aromatic rings. The van der Waals surface area contributed by atoms with Gasteiger partial charge in [0.25, 0.3) is 0 Å². The molecule has 0 aliphatic carbocycles. The maximum Gasteiger partial charge on any atom is 0.239 e. The van der Waals surface area contributed by atoms with Gasteiger partial charge in [0.2, 0.25) is 5.91 Å². The molecule has 1 rings (SSSR count). The Kier molecular flexibility index (Phi) is 5.32. The second-order valence-corrected chi connectivity index (χ2v) is 7.25. The van der Waals surface area contributed by atoms with Crippen molar-refractivity contribution in [1.29, 1.82) is 0 Å². The molecule has 1 N–H and O–H groups in total. The number of carbonyl (C=O) groups is 1. The minimum atomic E-state index is 0.0291. The van der Waals surface area contributed by atoms with Gasteiger partial charge in [0.05, 0.1) is 6.04 Å². The zero-order chi connectivity index (χ0) is 13.1. The highest BCUT2D eigenvalue weighted by Crippen LogP contribution is 2.24. The molecule has 0 aromatic carbocycles. The smallest absolute Gasteiger partial charge is 0.239 e. The van der Waals surface area contributed by atoms with E-state index in [-0.39, 0.29) is 16.7 Å². The van der Waals surface area contributed by atoms with Gasteiger partial charge < -0.3 is 10.2 Å². The van der Waals surface area contributed by atoms with Crippen molar-refractivity contribution in [3.63, 3.8) is 0 Å². The molecule has 4 heteroatoms. The van der Waals surface area contributed by atoms with Crippen molar-refractivity contribution in [3.8, 4) is 0 Å². The minimum Gasteiger partial charge on any atom is -0.340 e. The van der Waals surface area contributed by atoms with E-state index in [1.165, 1.54) is 0 Å². The van der Waals surface area contributed by atoms with Crippen LogP contribution in [-0.2, 0) is 4.79 Å². The van der Waals surface area contributed by atoms with E-state index < -0.39 is 0 Å². The van der Waals surface area contributed by atoms with E-state index in [0.717, 1.165) is 25.9 Å². The van der Waals surface area contributed by atoms with Crippen LogP contribution >= 0.6 is 11.8 Å². The number of rotatable bonds is 5. The number of piperidine rings is 1. The maximum absolute atomic E-state index is 12.3. The van der Waals surface area contributed by atoms with E-state index in [9.17, 15) is 4.79 Å². The van der Waals surface area contributed by atoms with Crippen molar-refractivity contribution in [2.45, 2.75) is 57.4 Å². The SMILES string of the molecule is CSC(C)(C)CN1CCCC(NC(C)C)C1=O. The standard InChI is InChI=1S/C13H26N2OS/c1-10(2)14-11-7-6-8-15(12(11)16)9-13(3,4)17-5/h10-11,14H,6-9H2,1-5H3. The fourth-order valence-electron chi connectivity index (χ4n) is 2.18. The fraction of sp³-hybridized carbons (Fsp3) is 0.923. The number of nitrogens with one attached hydrogen (secondary N) is 1. The van der Waals surface area contributed by atoms with Gasteiger partial charge in [-0.05, 0) is 32.9 Å². The van der Waals surface area contributed by atoms with Gasteiger partial charge in [0.15, 0.2) is 0 Å². The Morgan fingerprint density at radius 1 is 1.53 bits per heavy atom. The second kappa shape index (κ2) is 6.10. The Labute approximate surface area is 110 Å². The molecule has 17 heavy (non-hydrogen) atoms. The summed E-state index contributed by atoms with van der Waals surface area (Å²) in [5.41, 5.74) is 0. The third-order valence-electron chi connectivity index (χ3n) is 3.19. The van der Waals surface area contributed by atoms with Crippen molar-refractivity contribution in [3.05, 3.63) is 0 Å². The predicted molar refractivity (Wildman–Crippen MR) is 75.5 cm³/mol. The lowest BCUT2D eigenvalue weighted by Crippen LogP contribution is -2.54. The quantitative estimate of drug-likeness (QED) is 0.820.